The molecule has 3 nitrogen and oxygen atoms in total. The molecular formula is C15H28N2O. The molecule has 1 amide bonds. The van der Waals surface area contributed by atoms with Crippen molar-refractivity contribution in [2.75, 3.05) is 13.1 Å². The third kappa shape index (κ3) is 2.87. The van der Waals surface area contributed by atoms with Crippen molar-refractivity contribution in [1.82, 2.24) is 10.6 Å². The van der Waals surface area contributed by atoms with Gasteiger partial charge in [-0.25, -0.2) is 0 Å². The van der Waals surface area contributed by atoms with E-state index < -0.39 is 0 Å². The van der Waals surface area contributed by atoms with Crippen molar-refractivity contribution < 1.29 is 4.79 Å². The number of amides is 1. The highest BCUT2D eigenvalue weighted by molar-refractivity contribution is 5.83. The minimum Gasteiger partial charge on any atom is -0.351 e. The summed E-state index contributed by atoms with van der Waals surface area (Å²) in [7, 11) is 0. The van der Waals surface area contributed by atoms with Crippen molar-refractivity contribution >= 4 is 5.91 Å². The maximum atomic E-state index is 12.7. The molecule has 2 N–H and O–H groups in total. The van der Waals surface area contributed by atoms with Crippen molar-refractivity contribution in [1.29, 1.82) is 0 Å². The molecule has 1 aliphatic carbocycles. The van der Waals surface area contributed by atoms with Gasteiger partial charge in [-0.05, 0) is 37.6 Å². The van der Waals surface area contributed by atoms with Gasteiger partial charge in [-0.2, -0.15) is 0 Å². The number of hydrogen-bond acceptors (Lipinski definition) is 2. The lowest BCUT2D eigenvalue weighted by Crippen LogP contribution is -2.47. The van der Waals surface area contributed by atoms with E-state index >= 15 is 0 Å². The van der Waals surface area contributed by atoms with Gasteiger partial charge in [0, 0.05) is 18.0 Å². The molecule has 0 radical (unpaired) electrons. The van der Waals surface area contributed by atoms with Gasteiger partial charge >= 0.3 is 0 Å². The first kappa shape index (κ1) is 13.9. The van der Waals surface area contributed by atoms with E-state index in [-0.39, 0.29) is 5.41 Å². The Hall–Kier alpha value is -0.570. The lowest BCUT2D eigenvalue weighted by atomic mass is 9.77. The molecular weight excluding hydrogens is 224 g/mol. The molecule has 2 rings (SSSR count). The zero-order valence-corrected chi connectivity index (χ0v) is 12.1. The van der Waals surface area contributed by atoms with Crippen LogP contribution in [0.4, 0.5) is 0 Å². The number of carbonyl (C=O) groups excluding carboxylic acids is 1. The Bertz CT molecular complexity index is 295. The van der Waals surface area contributed by atoms with Crippen LogP contribution in [0.25, 0.3) is 0 Å². The fourth-order valence-corrected chi connectivity index (χ4v) is 3.68. The molecule has 1 saturated carbocycles. The van der Waals surface area contributed by atoms with Crippen LogP contribution in [-0.2, 0) is 4.79 Å². The van der Waals surface area contributed by atoms with Crippen LogP contribution < -0.4 is 10.6 Å². The molecule has 2 unspecified atom stereocenters. The molecule has 1 heterocycles. The van der Waals surface area contributed by atoms with E-state index in [0.29, 0.717) is 23.8 Å². The molecule has 1 aliphatic heterocycles. The lowest BCUT2D eigenvalue weighted by Gasteiger charge is -2.31. The Morgan fingerprint density at radius 1 is 1.33 bits per heavy atom. The summed E-state index contributed by atoms with van der Waals surface area (Å²) in [5.41, 5.74) is -0.0591. The van der Waals surface area contributed by atoms with E-state index in [1.54, 1.807) is 0 Å². The Morgan fingerprint density at radius 2 is 2.00 bits per heavy atom. The quantitative estimate of drug-likeness (QED) is 0.806. The van der Waals surface area contributed by atoms with E-state index in [1.165, 1.54) is 12.8 Å². The minimum atomic E-state index is -0.0591. The van der Waals surface area contributed by atoms with E-state index in [4.69, 9.17) is 0 Å². The summed E-state index contributed by atoms with van der Waals surface area (Å²) in [6, 6.07) is 0.335. The molecule has 2 fully saturated rings. The summed E-state index contributed by atoms with van der Waals surface area (Å²) in [5.74, 6) is 1.49. The maximum absolute atomic E-state index is 12.7. The molecule has 1 saturated heterocycles. The third-order valence-electron chi connectivity index (χ3n) is 4.68. The first-order chi connectivity index (χ1) is 8.53. The highest BCUT2D eigenvalue weighted by Crippen LogP contribution is 2.43. The van der Waals surface area contributed by atoms with E-state index in [1.807, 2.05) is 0 Å². The van der Waals surface area contributed by atoms with Gasteiger partial charge < -0.3 is 10.6 Å². The normalized spacial score (nSPS) is 30.9. The van der Waals surface area contributed by atoms with Gasteiger partial charge in [0.15, 0.2) is 0 Å². The average molecular weight is 252 g/mol. The van der Waals surface area contributed by atoms with Crippen molar-refractivity contribution in [2.24, 2.45) is 17.3 Å². The van der Waals surface area contributed by atoms with Gasteiger partial charge in [-0.1, -0.05) is 33.6 Å². The van der Waals surface area contributed by atoms with Crippen LogP contribution in [0.5, 0.6) is 0 Å². The van der Waals surface area contributed by atoms with Gasteiger partial charge in [0.1, 0.15) is 0 Å². The SMILES string of the molecule is CC(C)CC1(C(=O)NC2CNCC2C)CCCC1. The molecule has 2 aliphatic rings. The standard InChI is InChI=1S/C15H28N2O/c1-11(2)8-15(6-4-5-7-15)14(18)17-13-10-16-9-12(13)3/h11-13,16H,4-10H2,1-3H3,(H,17,18). The fraction of sp³-hybridized carbons (Fsp3) is 0.933. The fourth-order valence-electron chi connectivity index (χ4n) is 3.68. The Labute approximate surface area is 111 Å². The average Bonchev–Trinajstić information content (AvgIpc) is 2.89. The smallest absolute Gasteiger partial charge is 0.226 e. The van der Waals surface area contributed by atoms with E-state index in [2.05, 4.69) is 31.4 Å². The maximum Gasteiger partial charge on any atom is 0.226 e. The molecule has 0 spiro atoms. The second kappa shape index (κ2) is 5.60. The van der Waals surface area contributed by atoms with E-state index in [9.17, 15) is 4.79 Å². The topological polar surface area (TPSA) is 41.1 Å². The molecule has 2 atom stereocenters. The highest BCUT2D eigenvalue weighted by Gasteiger charge is 2.42. The molecule has 104 valence electrons. The van der Waals surface area contributed by atoms with E-state index in [0.717, 1.165) is 32.4 Å². The largest absolute Gasteiger partial charge is 0.351 e. The second-order valence-corrected chi connectivity index (χ2v) is 6.80. The van der Waals surface area contributed by atoms with Gasteiger partial charge in [0.05, 0.1) is 0 Å². The first-order valence-electron chi connectivity index (χ1n) is 7.55. The predicted molar refractivity (Wildman–Crippen MR) is 74.3 cm³/mol. The summed E-state index contributed by atoms with van der Waals surface area (Å²) in [6.07, 6.45) is 5.67. The molecule has 0 aromatic carbocycles. The Balaban J connectivity index is 1.99. The van der Waals surface area contributed by atoms with Crippen LogP contribution in [0, 0.1) is 17.3 Å². The van der Waals surface area contributed by atoms with Crippen LogP contribution in [-0.4, -0.2) is 25.0 Å². The number of carbonyl (C=O) groups is 1. The van der Waals surface area contributed by atoms with Crippen LogP contribution in [0.1, 0.15) is 52.9 Å². The molecule has 18 heavy (non-hydrogen) atoms. The van der Waals surface area contributed by atoms with Crippen LogP contribution in [0.2, 0.25) is 0 Å². The lowest BCUT2D eigenvalue weighted by molar-refractivity contribution is -0.132. The van der Waals surface area contributed by atoms with Crippen LogP contribution in [0.3, 0.4) is 0 Å². The molecule has 0 aromatic heterocycles. The van der Waals surface area contributed by atoms with Crippen molar-refractivity contribution in [3.63, 3.8) is 0 Å². The third-order valence-corrected chi connectivity index (χ3v) is 4.68. The summed E-state index contributed by atoms with van der Waals surface area (Å²) >= 11 is 0. The minimum absolute atomic E-state index is 0.0591. The zero-order valence-electron chi connectivity index (χ0n) is 12.1. The van der Waals surface area contributed by atoms with Crippen LogP contribution in [0.15, 0.2) is 0 Å². The number of rotatable bonds is 4. The number of nitrogens with one attached hydrogen (secondary N) is 2. The van der Waals surface area contributed by atoms with Crippen molar-refractivity contribution in [3.05, 3.63) is 0 Å². The Morgan fingerprint density at radius 3 is 2.50 bits per heavy atom. The summed E-state index contributed by atoms with van der Waals surface area (Å²) in [5, 5.41) is 6.67. The monoisotopic (exact) mass is 252 g/mol. The molecule has 3 heteroatoms. The summed E-state index contributed by atoms with van der Waals surface area (Å²) in [4.78, 5) is 12.7. The van der Waals surface area contributed by atoms with Gasteiger partial charge in [0.25, 0.3) is 0 Å². The zero-order chi connectivity index (χ0) is 13.2. The first-order valence-corrected chi connectivity index (χ1v) is 7.55. The second-order valence-electron chi connectivity index (χ2n) is 6.80. The van der Waals surface area contributed by atoms with Gasteiger partial charge in [-0.15, -0.1) is 0 Å². The summed E-state index contributed by atoms with van der Waals surface area (Å²) in [6.45, 7) is 8.64. The van der Waals surface area contributed by atoms with Gasteiger partial charge in [0.2, 0.25) is 5.91 Å². The van der Waals surface area contributed by atoms with Crippen LogP contribution >= 0.6 is 0 Å². The van der Waals surface area contributed by atoms with Crippen molar-refractivity contribution in [2.45, 2.75) is 58.9 Å². The van der Waals surface area contributed by atoms with Gasteiger partial charge in [-0.3, -0.25) is 4.79 Å². The molecule has 0 bridgehead atoms. The molecule has 0 aromatic rings. The highest BCUT2D eigenvalue weighted by atomic mass is 16.2. The number of hydrogen-bond donors (Lipinski definition) is 2. The Kier molecular flexibility index (Phi) is 4.31. The van der Waals surface area contributed by atoms with Crippen molar-refractivity contribution in [3.8, 4) is 0 Å². The summed E-state index contributed by atoms with van der Waals surface area (Å²) < 4.78 is 0. The predicted octanol–water partition coefficient (Wildman–Crippen LogP) is 2.32.